The number of rotatable bonds is 12. The molecule has 1 N–H and O–H groups in total. The van der Waals surface area contributed by atoms with E-state index in [9.17, 15) is 14.7 Å². The zero-order valence-electron chi connectivity index (χ0n) is 17.2. The van der Waals surface area contributed by atoms with Gasteiger partial charge in [-0.25, -0.2) is 9.59 Å². The van der Waals surface area contributed by atoms with Crippen molar-refractivity contribution < 1.29 is 24.2 Å². The molecule has 1 rings (SSSR count). The van der Waals surface area contributed by atoms with Crippen LogP contribution in [0.3, 0.4) is 0 Å². The monoisotopic (exact) mass is 378 g/mol. The average molecular weight is 379 g/mol. The van der Waals surface area contributed by atoms with Crippen LogP contribution in [-0.4, -0.2) is 31.3 Å². The second-order valence-corrected chi connectivity index (χ2v) is 6.85. The molecule has 0 aliphatic carbocycles. The molecule has 0 atom stereocenters. The number of hydrogen-bond acceptors (Lipinski definition) is 5. The summed E-state index contributed by atoms with van der Waals surface area (Å²) in [6, 6.07) is 1.66. The molecule has 1 aromatic carbocycles. The van der Waals surface area contributed by atoms with E-state index in [1.165, 1.54) is 46.3 Å². The van der Waals surface area contributed by atoms with Crippen molar-refractivity contribution in [3.63, 3.8) is 0 Å². The summed E-state index contributed by atoms with van der Waals surface area (Å²) in [5.41, 5.74) is 1.47. The van der Waals surface area contributed by atoms with Crippen molar-refractivity contribution in [2.45, 2.75) is 78.1 Å². The lowest BCUT2D eigenvalue weighted by atomic mass is 9.92. The molecular weight excluding hydrogens is 344 g/mol. The molecule has 0 spiro atoms. The second kappa shape index (κ2) is 12.4. The fourth-order valence-corrected chi connectivity index (χ4v) is 3.39. The van der Waals surface area contributed by atoms with Crippen molar-refractivity contribution in [1.82, 2.24) is 0 Å². The first-order valence-corrected chi connectivity index (χ1v) is 10.1. The highest BCUT2D eigenvalue weighted by molar-refractivity contribution is 6.00. The molecule has 0 heterocycles. The Bertz CT molecular complexity index is 622. The molecule has 152 valence electrons. The maximum absolute atomic E-state index is 12.2. The second-order valence-electron chi connectivity index (χ2n) is 6.85. The van der Waals surface area contributed by atoms with Crippen molar-refractivity contribution in [1.29, 1.82) is 0 Å². The lowest BCUT2D eigenvalue weighted by Crippen LogP contribution is -2.14. The first-order chi connectivity index (χ1) is 13.0. The summed E-state index contributed by atoms with van der Waals surface area (Å²) in [5, 5.41) is 10.6. The Kier molecular flexibility index (Phi) is 10.5. The number of benzene rings is 1. The van der Waals surface area contributed by atoms with Crippen LogP contribution in [0.25, 0.3) is 0 Å². The number of ether oxygens (including phenoxy) is 2. The third-order valence-electron chi connectivity index (χ3n) is 4.93. The molecule has 0 amide bonds. The van der Waals surface area contributed by atoms with Crippen molar-refractivity contribution in [3.8, 4) is 5.75 Å². The fourth-order valence-electron chi connectivity index (χ4n) is 3.39. The molecule has 1 aromatic rings. The van der Waals surface area contributed by atoms with Crippen LogP contribution in [0.15, 0.2) is 6.07 Å². The fraction of sp³-hybridized carbons (Fsp3) is 0.636. The van der Waals surface area contributed by atoms with Gasteiger partial charge in [0.05, 0.1) is 19.8 Å². The van der Waals surface area contributed by atoms with Crippen LogP contribution < -0.4 is 0 Å². The lowest BCUT2D eigenvalue weighted by Gasteiger charge is -2.16. The van der Waals surface area contributed by atoms with E-state index < -0.39 is 11.9 Å². The number of unbranched alkanes of at least 4 members (excludes halogenated alkanes) is 7. The number of carbonyl (C=O) groups excluding carboxylic acids is 2. The van der Waals surface area contributed by atoms with E-state index in [0.29, 0.717) is 29.5 Å². The Hall–Kier alpha value is -2.04. The highest BCUT2D eigenvalue weighted by atomic mass is 16.5. The van der Waals surface area contributed by atoms with Gasteiger partial charge in [0.2, 0.25) is 0 Å². The van der Waals surface area contributed by atoms with Gasteiger partial charge in [-0.1, -0.05) is 58.8 Å². The number of hydrogen-bond donors (Lipinski definition) is 1. The number of carbonyl (C=O) groups is 2. The van der Waals surface area contributed by atoms with Crippen molar-refractivity contribution >= 4 is 11.9 Å². The van der Waals surface area contributed by atoms with Crippen LogP contribution in [0, 0.1) is 0 Å². The van der Waals surface area contributed by atoms with Gasteiger partial charge in [-0.15, -0.1) is 0 Å². The van der Waals surface area contributed by atoms with Crippen LogP contribution in [0.5, 0.6) is 5.75 Å². The Morgan fingerprint density at radius 3 is 1.96 bits per heavy atom. The Balaban J connectivity index is 2.90. The van der Waals surface area contributed by atoms with Gasteiger partial charge in [-0.3, -0.25) is 0 Å². The summed E-state index contributed by atoms with van der Waals surface area (Å²) in [6.07, 6.45) is 10.5. The molecule has 0 bridgehead atoms. The summed E-state index contributed by atoms with van der Waals surface area (Å²) in [4.78, 5) is 24.4. The molecule has 5 nitrogen and oxygen atoms in total. The minimum atomic E-state index is -0.632. The van der Waals surface area contributed by atoms with Crippen LogP contribution in [0.4, 0.5) is 0 Å². The lowest BCUT2D eigenvalue weighted by molar-refractivity contribution is 0.0594. The molecule has 0 saturated carbocycles. The molecule has 0 aliphatic rings. The smallest absolute Gasteiger partial charge is 0.341 e. The Labute approximate surface area is 163 Å². The van der Waals surface area contributed by atoms with E-state index in [1.54, 1.807) is 6.07 Å². The number of esters is 2. The van der Waals surface area contributed by atoms with Crippen molar-refractivity contribution in [2.24, 2.45) is 0 Å². The third-order valence-corrected chi connectivity index (χ3v) is 4.93. The van der Waals surface area contributed by atoms with Gasteiger partial charge < -0.3 is 14.6 Å². The van der Waals surface area contributed by atoms with Crippen molar-refractivity contribution in [3.05, 3.63) is 28.3 Å². The number of aryl methyl sites for hydroxylation is 1. The molecule has 0 fully saturated rings. The van der Waals surface area contributed by atoms with E-state index in [-0.39, 0.29) is 11.3 Å². The van der Waals surface area contributed by atoms with Gasteiger partial charge in [-0.2, -0.15) is 0 Å². The van der Waals surface area contributed by atoms with E-state index in [4.69, 9.17) is 9.47 Å². The largest absolute Gasteiger partial charge is 0.507 e. The molecule has 0 unspecified atom stereocenters. The standard InChI is InChI=1S/C22H34O5/c1-5-7-8-9-10-11-12-13-14-16-15-18(21(24)26-3)17(6-2)19(20(16)23)22(25)27-4/h15,23H,5-14H2,1-4H3. The van der Waals surface area contributed by atoms with Gasteiger partial charge in [0.1, 0.15) is 11.3 Å². The van der Waals surface area contributed by atoms with E-state index in [0.717, 1.165) is 19.3 Å². The predicted octanol–water partition coefficient (Wildman–Crippen LogP) is 5.21. The molecular formula is C22H34O5. The maximum atomic E-state index is 12.2. The molecule has 27 heavy (non-hydrogen) atoms. The molecule has 5 heteroatoms. The van der Waals surface area contributed by atoms with Gasteiger partial charge >= 0.3 is 11.9 Å². The van der Waals surface area contributed by atoms with E-state index >= 15 is 0 Å². The van der Waals surface area contributed by atoms with E-state index in [2.05, 4.69) is 6.92 Å². The zero-order chi connectivity index (χ0) is 20.2. The molecule has 0 aromatic heterocycles. The van der Waals surface area contributed by atoms with Gasteiger partial charge in [-0.05, 0) is 36.5 Å². The summed E-state index contributed by atoms with van der Waals surface area (Å²) >= 11 is 0. The minimum Gasteiger partial charge on any atom is -0.507 e. The van der Waals surface area contributed by atoms with Crippen LogP contribution in [-0.2, 0) is 22.3 Å². The predicted molar refractivity (Wildman–Crippen MR) is 106 cm³/mol. The summed E-state index contributed by atoms with van der Waals surface area (Å²) in [7, 11) is 2.58. The first-order valence-electron chi connectivity index (χ1n) is 10.1. The topological polar surface area (TPSA) is 72.8 Å². The Morgan fingerprint density at radius 1 is 0.889 bits per heavy atom. The number of phenolic OH excluding ortho intramolecular Hbond substituents is 1. The SMILES string of the molecule is CCCCCCCCCCc1cc(C(=O)OC)c(CC)c(C(=O)OC)c1O. The molecule has 0 saturated heterocycles. The third kappa shape index (κ3) is 6.56. The quantitative estimate of drug-likeness (QED) is 0.399. The van der Waals surface area contributed by atoms with Crippen molar-refractivity contribution in [2.75, 3.05) is 14.2 Å². The van der Waals surface area contributed by atoms with Crippen LogP contribution >= 0.6 is 0 Å². The Morgan fingerprint density at radius 2 is 1.44 bits per heavy atom. The van der Waals surface area contributed by atoms with Gasteiger partial charge in [0.25, 0.3) is 0 Å². The normalized spacial score (nSPS) is 10.7. The molecule has 0 radical (unpaired) electrons. The number of aromatic hydroxyl groups is 1. The minimum absolute atomic E-state index is 0.0747. The van der Waals surface area contributed by atoms with Gasteiger partial charge in [0, 0.05) is 0 Å². The highest BCUT2D eigenvalue weighted by Gasteiger charge is 2.25. The summed E-state index contributed by atoms with van der Waals surface area (Å²) in [5.74, 6) is -1.21. The summed E-state index contributed by atoms with van der Waals surface area (Å²) < 4.78 is 9.68. The van der Waals surface area contributed by atoms with Crippen LogP contribution in [0.1, 0.15) is 97.1 Å². The zero-order valence-corrected chi connectivity index (χ0v) is 17.2. The summed E-state index contributed by atoms with van der Waals surface area (Å²) in [6.45, 7) is 4.04. The van der Waals surface area contributed by atoms with Crippen LogP contribution in [0.2, 0.25) is 0 Å². The number of methoxy groups -OCH3 is 2. The first kappa shape index (κ1) is 23.0. The maximum Gasteiger partial charge on any atom is 0.341 e. The number of phenols is 1. The molecule has 0 aliphatic heterocycles. The van der Waals surface area contributed by atoms with E-state index in [1.807, 2.05) is 6.92 Å². The highest BCUT2D eigenvalue weighted by Crippen LogP contribution is 2.32. The average Bonchev–Trinajstić information content (AvgIpc) is 2.69. The van der Waals surface area contributed by atoms with Gasteiger partial charge in [0.15, 0.2) is 0 Å².